The van der Waals surface area contributed by atoms with Gasteiger partial charge in [0.2, 0.25) is 0 Å². The summed E-state index contributed by atoms with van der Waals surface area (Å²) in [5, 5.41) is 8.68. The third-order valence-corrected chi connectivity index (χ3v) is 1.98. The Morgan fingerprint density at radius 1 is 1.53 bits per heavy atom. The molecule has 1 aromatic rings. The van der Waals surface area contributed by atoms with Gasteiger partial charge in [0.05, 0.1) is 18.2 Å². The molecule has 0 atom stereocenters. The number of ether oxygens (including phenoxy) is 1. The van der Waals surface area contributed by atoms with E-state index in [1.54, 1.807) is 19.1 Å². The highest BCUT2D eigenvalue weighted by atomic mass is 16.5. The highest BCUT2D eigenvalue weighted by molar-refractivity contribution is 5.69. The van der Waals surface area contributed by atoms with Crippen LogP contribution in [-0.2, 0) is 16.0 Å². The van der Waals surface area contributed by atoms with Gasteiger partial charge in [-0.2, -0.15) is 5.26 Å². The number of nitrogens with zero attached hydrogens (tertiary/aromatic N) is 1. The molecule has 0 bridgehead atoms. The molecule has 0 aliphatic carbocycles. The van der Waals surface area contributed by atoms with Crippen LogP contribution in [0.15, 0.2) is 24.3 Å². The molecule has 0 N–H and O–H groups in total. The summed E-state index contributed by atoms with van der Waals surface area (Å²) in [6.45, 7) is 2.20. The molecule has 3 nitrogen and oxygen atoms in total. The summed E-state index contributed by atoms with van der Waals surface area (Å²) in [6, 6.07) is 9.32. The zero-order valence-electron chi connectivity index (χ0n) is 8.69. The van der Waals surface area contributed by atoms with Crippen LogP contribution in [-0.4, -0.2) is 12.6 Å². The maximum atomic E-state index is 11.1. The molecule has 3 heteroatoms. The summed E-state index contributed by atoms with van der Waals surface area (Å²) in [7, 11) is 0. The lowest BCUT2D eigenvalue weighted by Gasteiger charge is -2.02. The Balaban J connectivity index is 2.51. The van der Waals surface area contributed by atoms with Crippen molar-refractivity contribution >= 4 is 5.97 Å². The second-order valence-corrected chi connectivity index (χ2v) is 3.12. The van der Waals surface area contributed by atoms with Crippen LogP contribution in [0.2, 0.25) is 0 Å². The Morgan fingerprint density at radius 3 is 3.00 bits per heavy atom. The lowest BCUT2D eigenvalue weighted by Crippen LogP contribution is -2.05. The van der Waals surface area contributed by atoms with E-state index in [-0.39, 0.29) is 5.97 Å². The molecule has 0 fully saturated rings. The van der Waals surface area contributed by atoms with Gasteiger partial charge < -0.3 is 4.74 Å². The number of hydrogen-bond donors (Lipinski definition) is 0. The zero-order chi connectivity index (χ0) is 11.1. The SMILES string of the molecule is CCOC(=O)CCc1cccc(C#N)c1. The van der Waals surface area contributed by atoms with Gasteiger partial charge in [0.25, 0.3) is 0 Å². The number of rotatable bonds is 4. The summed E-state index contributed by atoms with van der Waals surface area (Å²) < 4.78 is 4.82. The van der Waals surface area contributed by atoms with Crippen LogP contribution in [0.25, 0.3) is 0 Å². The molecular formula is C12H13NO2. The lowest BCUT2D eigenvalue weighted by atomic mass is 10.1. The predicted octanol–water partition coefficient (Wildman–Crippen LogP) is 2.05. The molecule has 1 aromatic carbocycles. The van der Waals surface area contributed by atoms with Crippen LogP contribution in [0.5, 0.6) is 0 Å². The maximum absolute atomic E-state index is 11.1. The van der Waals surface area contributed by atoms with Crippen molar-refractivity contribution in [2.24, 2.45) is 0 Å². The van der Waals surface area contributed by atoms with Gasteiger partial charge in [-0.15, -0.1) is 0 Å². The van der Waals surface area contributed by atoms with Crippen molar-refractivity contribution in [2.45, 2.75) is 19.8 Å². The fraction of sp³-hybridized carbons (Fsp3) is 0.333. The molecule has 0 radical (unpaired) electrons. The van der Waals surface area contributed by atoms with Gasteiger partial charge in [0, 0.05) is 6.42 Å². The molecule has 0 aliphatic rings. The molecule has 0 aliphatic heterocycles. The van der Waals surface area contributed by atoms with Gasteiger partial charge in [-0.05, 0) is 31.0 Å². The molecule has 78 valence electrons. The van der Waals surface area contributed by atoms with E-state index in [2.05, 4.69) is 6.07 Å². The Morgan fingerprint density at radius 2 is 2.33 bits per heavy atom. The Labute approximate surface area is 89.3 Å². The third-order valence-electron chi connectivity index (χ3n) is 1.98. The van der Waals surface area contributed by atoms with E-state index in [9.17, 15) is 4.79 Å². The average molecular weight is 203 g/mol. The standard InChI is InChI=1S/C12H13NO2/c1-2-15-12(14)7-6-10-4-3-5-11(8-10)9-13/h3-5,8H,2,6-7H2,1H3. The normalized spacial score (nSPS) is 9.33. The van der Waals surface area contributed by atoms with E-state index in [1.807, 2.05) is 12.1 Å². The summed E-state index contributed by atoms with van der Waals surface area (Å²) in [4.78, 5) is 11.1. The van der Waals surface area contributed by atoms with Gasteiger partial charge in [-0.3, -0.25) is 4.79 Å². The second kappa shape index (κ2) is 5.82. The number of carbonyl (C=O) groups is 1. The maximum Gasteiger partial charge on any atom is 0.306 e. The molecule has 15 heavy (non-hydrogen) atoms. The van der Waals surface area contributed by atoms with E-state index < -0.39 is 0 Å². The number of benzene rings is 1. The molecule has 0 spiro atoms. The Hall–Kier alpha value is -1.82. The first-order chi connectivity index (χ1) is 7.26. The number of carbonyl (C=O) groups excluding carboxylic acids is 1. The van der Waals surface area contributed by atoms with Crippen LogP contribution in [0, 0.1) is 11.3 Å². The summed E-state index contributed by atoms with van der Waals surface area (Å²) in [6.07, 6.45) is 0.983. The Kier molecular flexibility index (Phi) is 4.36. The largest absolute Gasteiger partial charge is 0.466 e. The summed E-state index contributed by atoms with van der Waals surface area (Å²) >= 11 is 0. The second-order valence-electron chi connectivity index (χ2n) is 3.12. The minimum atomic E-state index is -0.195. The van der Waals surface area contributed by atoms with Crippen LogP contribution in [0.3, 0.4) is 0 Å². The molecule has 0 aromatic heterocycles. The number of esters is 1. The Bertz CT molecular complexity index is 379. The van der Waals surface area contributed by atoms with Gasteiger partial charge in [-0.25, -0.2) is 0 Å². The van der Waals surface area contributed by atoms with Crippen LogP contribution in [0.4, 0.5) is 0 Å². The fourth-order valence-electron chi connectivity index (χ4n) is 1.28. The topological polar surface area (TPSA) is 50.1 Å². The molecule has 0 saturated heterocycles. The summed E-state index contributed by atoms with van der Waals surface area (Å²) in [5.74, 6) is -0.195. The number of nitriles is 1. The first-order valence-electron chi connectivity index (χ1n) is 4.91. The van der Waals surface area contributed by atoms with Crippen molar-refractivity contribution in [2.75, 3.05) is 6.61 Å². The number of aryl methyl sites for hydroxylation is 1. The van der Waals surface area contributed by atoms with E-state index in [1.165, 1.54) is 0 Å². The minimum Gasteiger partial charge on any atom is -0.466 e. The summed E-state index contributed by atoms with van der Waals surface area (Å²) in [5.41, 5.74) is 1.61. The number of hydrogen-bond acceptors (Lipinski definition) is 3. The van der Waals surface area contributed by atoms with Gasteiger partial charge in [0.15, 0.2) is 0 Å². The van der Waals surface area contributed by atoms with E-state index in [4.69, 9.17) is 10.00 Å². The van der Waals surface area contributed by atoms with E-state index in [0.29, 0.717) is 25.0 Å². The molecule has 0 amide bonds. The third kappa shape index (κ3) is 3.82. The fourth-order valence-corrected chi connectivity index (χ4v) is 1.28. The molecule has 0 heterocycles. The van der Waals surface area contributed by atoms with Gasteiger partial charge in [-0.1, -0.05) is 12.1 Å². The van der Waals surface area contributed by atoms with E-state index in [0.717, 1.165) is 5.56 Å². The minimum absolute atomic E-state index is 0.195. The zero-order valence-corrected chi connectivity index (χ0v) is 8.69. The lowest BCUT2D eigenvalue weighted by molar-refractivity contribution is -0.143. The highest BCUT2D eigenvalue weighted by Crippen LogP contribution is 2.07. The van der Waals surface area contributed by atoms with Crippen LogP contribution < -0.4 is 0 Å². The molecule has 1 rings (SSSR count). The first-order valence-corrected chi connectivity index (χ1v) is 4.91. The van der Waals surface area contributed by atoms with Crippen molar-refractivity contribution in [1.29, 1.82) is 5.26 Å². The van der Waals surface area contributed by atoms with Crippen molar-refractivity contribution in [3.8, 4) is 6.07 Å². The average Bonchev–Trinajstić information content (AvgIpc) is 2.27. The van der Waals surface area contributed by atoms with Crippen molar-refractivity contribution < 1.29 is 9.53 Å². The van der Waals surface area contributed by atoms with E-state index >= 15 is 0 Å². The van der Waals surface area contributed by atoms with Crippen molar-refractivity contribution in [3.05, 3.63) is 35.4 Å². The van der Waals surface area contributed by atoms with Gasteiger partial charge >= 0.3 is 5.97 Å². The predicted molar refractivity (Wildman–Crippen MR) is 56.1 cm³/mol. The van der Waals surface area contributed by atoms with Gasteiger partial charge in [0.1, 0.15) is 0 Å². The molecule has 0 unspecified atom stereocenters. The molecular weight excluding hydrogens is 190 g/mol. The van der Waals surface area contributed by atoms with Crippen LogP contribution >= 0.6 is 0 Å². The smallest absolute Gasteiger partial charge is 0.306 e. The highest BCUT2D eigenvalue weighted by Gasteiger charge is 2.02. The first kappa shape index (κ1) is 11.3. The monoisotopic (exact) mass is 203 g/mol. The van der Waals surface area contributed by atoms with Crippen molar-refractivity contribution in [3.63, 3.8) is 0 Å². The van der Waals surface area contributed by atoms with Crippen LogP contribution in [0.1, 0.15) is 24.5 Å². The quantitative estimate of drug-likeness (QED) is 0.704. The molecule has 0 saturated carbocycles. The van der Waals surface area contributed by atoms with Crippen molar-refractivity contribution in [1.82, 2.24) is 0 Å².